The van der Waals surface area contributed by atoms with Gasteiger partial charge < -0.3 is 10.2 Å². The first-order valence-corrected chi connectivity index (χ1v) is 8.35. The summed E-state index contributed by atoms with van der Waals surface area (Å²) in [5.74, 6) is -2.49. The van der Waals surface area contributed by atoms with Crippen molar-refractivity contribution >= 4 is 28.6 Å². The average molecular weight is 349 g/mol. The van der Waals surface area contributed by atoms with Gasteiger partial charge >= 0.3 is 5.97 Å². The summed E-state index contributed by atoms with van der Waals surface area (Å²) in [5, 5.41) is 21.5. The predicted molar refractivity (Wildman–Crippen MR) is 88.9 cm³/mol. The molecular weight excluding hydrogens is 337 g/mol. The number of thiazole rings is 1. The van der Waals surface area contributed by atoms with Crippen molar-refractivity contribution in [1.82, 2.24) is 4.98 Å². The minimum absolute atomic E-state index is 0.183. The molecule has 0 aliphatic carbocycles. The maximum atomic E-state index is 14.2. The van der Waals surface area contributed by atoms with Gasteiger partial charge in [-0.15, -0.1) is 22.7 Å². The lowest BCUT2D eigenvalue weighted by atomic mass is 10.1. The number of aromatic carboxylic acids is 1. The second-order valence-electron chi connectivity index (χ2n) is 5.00. The Kier molecular flexibility index (Phi) is 3.91. The molecule has 0 saturated carbocycles. The van der Waals surface area contributed by atoms with Crippen LogP contribution in [-0.4, -0.2) is 21.2 Å². The lowest BCUT2D eigenvalue weighted by molar-refractivity contribution is 0.0693. The van der Waals surface area contributed by atoms with Gasteiger partial charge in [-0.2, -0.15) is 0 Å². The number of carboxylic acids is 1. The summed E-state index contributed by atoms with van der Waals surface area (Å²) in [6.45, 7) is 3.85. The van der Waals surface area contributed by atoms with E-state index in [1.54, 1.807) is 11.3 Å². The van der Waals surface area contributed by atoms with Crippen molar-refractivity contribution in [2.45, 2.75) is 13.8 Å². The molecule has 4 nitrogen and oxygen atoms in total. The molecule has 0 saturated heterocycles. The van der Waals surface area contributed by atoms with Crippen molar-refractivity contribution in [1.29, 1.82) is 0 Å². The Morgan fingerprint density at radius 1 is 1.26 bits per heavy atom. The molecule has 1 aromatic carbocycles. The van der Waals surface area contributed by atoms with Crippen molar-refractivity contribution in [3.05, 3.63) is 45.7 Å². The molecule has 118 valence electrons. The SMILES string of the molecule is Cc1nc(C)c(-c2csc(-c3cc(O)c(C(=O)O)cc3F)c2)s1. The number of nitrogens with zero attached hydrogens (tertiary/aromatic N) is 1. The number of hydrogen-bond donors (Lipinski definition) is 2. The summed E-state index contributed by atoms with van der Waals surface area (Å²) in [6.07, 6.45) is 0. The second kappa shape index (κ2) is 5.75. The van der Waals surface area contributed by atoms with E-state index in [-0.39, 0.29) is 5.56 Å². The minimum Gasteiger partial charge on any atom is -0.507 e. The van der Waals surface area contributed by atoms with E-state index in [9.17, 15) is 14.3 Å². The van der Waals surface area contributed by atoms with Crippen LogP contribution in [0.25, 0.3) is 20.9 Å². The number of aryl methyl sites for hydroxylation is 2. The fourth-order valence-electron chi connectivity index (χ4n) is 2.32. The topological polar surface area (TPSA) is 70.4 Å². The van der Waals surface area contributed by atoms with Crippen LogP contribution in [0.4, 0.5) is 4.39 Å². The summed E-state index contributed by atoms with van der Waals surface area (Å²) >= 11 is 2.90. The van der Waals surface area contributed by atoms with Gasteiger partial charge in [-0.25, -0.2) is 14.2 Å². The van der Waals surface area contributed by atoms with E-state index in [2.05, 4.69) is 4.98 Å². The Morgan fingerprint density at radius 2 is 2.00 bits per heavy atom. The summed E-state index contributed by atoms with van der Waals surface area (Å²) < 4.78 is 14.2. The van der Waals surface area contributed by atoms with Gasteiger partial charge in [0.1, 0.15) is 17.1 Å². The van der Waals surface area contributed by atoms with Crippen LogP contribution in [0.15, 0.2) is 23.6 Å². The van der Waals surface area contributed by atoms with Gasteiger partial charge in [-0.1, -0.05) is 0 Å². The van der Waals surface area contributed by atoms with Crippen LogP contribution in [-0.2, 0) is 0 Å². The van der Waals surface area contributed by atoms with Crippen LogP contribution in [0.3, 0.4) is 0 Å². The molecule has 2 aromatic heterocycles. The lowest BCUT2D eigenvalue weighted by Gasteiger charge is -2.04. The van der Waals surface area contributed by atoms with Gasteiger partial charge in [0, 0.05) is 21.4 Å². The molecule has 23 heavy (non-hydrogen) atoms. The third kappa shape index (κ3) is 2.85. The highest BCUT2D eigenvalue weighted by Gasteiger charge is 2.18. The number of aromatic hydroxyl groups is 1. The zero-order valence-electron chi connectivity index (χ0n) is 12.3. The molecule has 7 heteroatoms. The van der Waals surface area contributed by atoms with Gasteiger partial charge in [-0.3, -0.25) is 0 Å². The van der Waals surface area contributed by atoms with E-state index in [1.165, 1.54) is 11.3 Å². The molecule has 0 atom stereocenters. The van der Waals surface area contributed by atoms with Crippen LogP contribution >= 0.6 is 22.7 Å². The summed E-state index contributed by atoms with van der Waals surface area (Å²) in [6, 6.07) is 3.82. The monoisotopic (exact) mass is 349 g/mol. The average Bonchev–Trinajstić information content (AvgIpc) is 3.07. The van der Waals surface area contributed by atoms with Gasteiger partial charge in [-0.05, 0) is 32.0 Å². The molecule has 0 aliphatic heterocycles. The van der Waals surface area contributed by atoms with Crippen molar-refractivity contribution in [2.24, 2.45) is 0 Å². The van der Waals surface area contributed by atoms with E-state index >= 15 is 0 Å². The molecule has 0 fully saturated rings. The Hall–Kier alpha value is -2.25. The molecular formula is C16H12FNO3S2. The summed E-state index contributed by atoms with van der Waals surface area (Å²) in [7, 11) is 0. The fraction of sp³-hybridized carbons (Fsp3) is 0.125. The first-order chi connectivity index (χ1) is 10.9. The maximum Gasteiger partial charge on any atom is 0.339 e. The van der Waals surface area contributed by atoms with Crippen molar-refractivity contribution in [3.8, 4) is 26.6 Å². The number of hydrogen-bond acceptors (Lipinski definition) is 5. The number of rotatable bonds is 3. The molecule has 0 aliphatic rings. The summed E-state index contributed by atoms with van der Waals surface area (Å²) in [4.78, 5) is 16.9. The number of carboxylic acid groups (broad SMARTS) is 1. The Labute approximate surface area is 139 Å². The van der Waals surface area contributed by atoms with Crippen molar-refractivity contribution < 1.29 is 19.4 Å². The van der Waals surface area contributed by atoms with Crippen LogP contribution in [0.2, 0.25) is 0 Å². The van der Waals surface area contributed by atoms with Crippen LogP contribution in [0, 0.1) is 19.7 Å². The molecule has 2 N–H and O–H groups in total. The second-order valence-corrected chi connectivity index (χ2v) is 7.12. The maximum absolute atomic E-state index is 14.2. The minimum atomic E-state index is -1.37. The normalized spacial score (nSPS) is 10.9. The number of phenols is 1. The Morgan fingerprint density at radius 3 is 2.61 bits per heavy atom. The number of carbonyl (C=O) groups is 1. The molecule has 0 unspecified atom stereocenters. The van der Waals surface area contributed by atoms with Crippen molar-refractivity contribution in [2.75, 3.05) is 0 Å². The van der Waals surface area contributed by atoms with E-state index in [0.29, 0.717) is 4.88 Å². The lowest BCUT2D eigenvalue weighted by Crippen LogP contribution is -1.98. The number of halogens is 1. The van der Waals surface area contributed by atoms with Crippen LogP contribution < -0.4 is 0 Å². The summed E-state index contributed by atoms with van der Waals surface area (Å²) in [5.41, 5.74) is 1.59. The van der Waals surface area contributed by atoms with Gasteiger partial charge in [0.25, 0.3) is 0 Å². The Balaban J connectivity index is 2.06. The van der Waals surface area contributed by atoms with E-state index < -0.39 is 23.1 Å². The zero-order valence-corrected chi connectivity index (χ0v) is 13.9. The smallest absolute Gasteiger partial charge is 0.339 e. The number of aromatic nitrogens is 1. The first-order valence-electron chi connectivity index (χ1n) is 6.66. The largest absolute Gasteiger partial charge is 0.507 e. The molecule has 0 bridgehead atoms. The standard InChI is InChI=1S/C16H12FNO3S2/c1-7-15(23-8(2)18-7)9-3-14(22-6-9)10-5-13(19)11(16(20)21)4-12(10)17/h3-6,19H,1-2H3,(H,20,21). The van der Waals surface area contributed by atoms with Gasteiger partial charge in [0.15, 0.2) is 0 Å². The number of benzene rings is 1. The highest BCUT2D eigenvalue weighted by atomic mass is 32.1. The van der Waals surface area contributed by atoms with E-state index in [4.69, 9.17) is 5.11 Å². The first kappa shape index (κ1) is 15.6. The zero-order chi connectivity index (χ0) is 16.7. The van der Waals surface area contributed by atoms with Crippen LogP contribution in [0.5, 0.6) is 5.75 Å². The number of thiophene rings is 1. The van der Waals surface area contributed by atoms with E-state index in [0.717, 1.165) is 33.3 Å². The molecule has 0 amide bonds. The highest BCUT2D eigenvalue weighted by molar-refractivity contribution is 7.17. The fourth-order valence-corrected chi connectivity index (χ4v) is 4.22. The molecule has 3 aromatic rings. The molecule has 2 heterocycles. The third-order valence-electron chi connectivity index (χ3n) is 3.35. The molecule has 0 spiro atoms. The molecule has 3 rings (SSSR count). The van der Waals surface area contributed by atoms with Crippen LogP contribution in [0.1, 0.15) is 21.1 Å². The van der Waals surface area contributed by atoms with Gasteiger partial charge in [0.2, 0.25) is 0 Å². The predicted octanol–water partition coefficient (Wildman–Crippen LogP) is 4.70. The van der Waals surface area contributed by atoms with Gasteiger partial charge in [0.05, 0.1) is 15.6 Å². The third-order valence-corrected chi connectivity index (χ3v) is 5.43. The van der Waals surface area contributed by atoms with E-state index in [1.807, 2.05) is 25.3 Å². The quantitative estimate of drug-likeness (QED) is 0.719. The molecule has 0 radical (unpaired) electrons. The highest BCUT2D eigenvalue weighted by Crippen LogP contribution is 2.39. The van der Waals surface area contributed by atoms with Crippen molar-refractivity contribution in [3.63, 3.8) is 0 Å². The Bertz CT molecular complexity index is 914.